The Morgan fingerprint density at radius 3 is 2.58 bits per heavy atom. The van der Waals surface area contributed by atoms with Crippen molar-refractivity contribution in [2.75, 3.05) is 19.7 Å². The monoisotopic (exact) mass is 603 g/mol. The third-order valence-electron chi connectivity index (χ3n) is 4.49. The molecule has 2 heterocycles. The van der Waals surface area contributed by atoms with Gasteiger partial charge in [-0.15, -0.1) is 0 Å². The van der Waals surface area contributed by atoms with Crippen molar-refractivity contribution in [2.24, 2.45) is 5.73 Å². The molecule has 0 bridgehead atoms. The lowest BCUT2D eigenvalue weighted by Crippen LogP contribution is -2.34. The molecule has 0 aromatic carbocycles. The second-order valence-electron chi connectivity index (χ2n) is 7.43. The summed E-state index contributed by atoms with van der Waals surface area (Å²) in [6.07, 6.45) is -2.84. The molecule has 19 nitrogen and oxygen atoms in total. The fraction of sp³-hybridized carbons (Fsp3) is 0.562. The van der Waals surface area contributed by atoms with E-state index in [1.165, 1.54) is 0 Å². The van der Waals surface area contributed by atoms with Gasteiger partial charge in [0.2, 0.25) is 5.91 Å². The average Bonchev–Trinajstić information content (AvgIpc) is 3.12. The van der Waals surface area contributed by atoms with Crippen LogP contribution in [0.1, 0.15) is 31.1 Å². The van der Waals surface area contributed by atoms with Gasteiger partial charge in [0, 0.05) is 19.0 Å². The van der Waals surface area contributed by atoms with Crippen LogP contribution in [0.25, 0.3) is 0 Å². The maximum Gasteiger partial charge on any atom is 0.330 e. The number of aliphatic hydroxyl groups is 1. The number of nitrogens with one attached hydrogen (secondary N) is 2. The van der Waals surface area contributed by atoms with Crippen LogP contribution >= 0.6 is 23.5 Å². The van der Waals surface area contributed by atoms with E-state index in [9.17, 15) is 47.9 Å². The molecular formula is C16H22N4O15P3-3. The molecule has 214 valence electrons. The van der Waals surface area contributed by atoms with Gasteiger partial charge in [-0.25, -0.2) is 13.4 Å². The van der Waals surface area contributed by atoms with Crippen molar-refractivity contribution in [3.63, 3.8) is 0 Å². The molecule has 1 saturated heterocycles. The number of aromatic nitrogens is 2. The average molecular weight is 603 g/mol. The number of nitrogens with zero attached hydrogens (tertiary/aromatic N) is 1. The zero-order chi connectivity index (χ0) is 28.7. The Bertz CT molecular complexity index is 1330. The number of phosphoric ester groups is 1. The predicted octanol–water partition coefficient (Wildman–Crippen LogP) is -4.16. The van der Waals surface area contributed by atoms with Crippen LogP contribution in [0.4, 0.5) is 0 Å². The lowest BCUT2D eigenvalue weighted by Gasteiger charge is -2.33. The number of nitrogens with two attached hydrogens (primary N) is 1. The van der Waals surface area contributed by atoms with Crippen molar-refractivity contribution in [3.05, 3.63) is 32.6 Å². The van der Waals surface area contributed by atoms with Crippen molar-refractivity contribution >= 4 is 29.4 Å². The molecular weight excluding hydrogens is 581 g/mol. The topological polar surface area (TPSA) is 308 Å². The van der Waals surface area contributed by atoms with E-state index in [1.807, 2.05) is 4.98 Å². The first-order chi connectivity index (χ1) is 17.5. The number of ether oxygens (including phenoxy) is 1. The van der Waals surface area contributed by atoms with Crippen molar-refractivity contribution in [3.8, 4) is 11.8 Å². The predicted molar refractivity (Wildman–Crippen MR) is 117 cm³/mol. The molecule has 1 aliphatic rings. The molecule has 1 aromatic rings. The number of aromatic amines is 1. The van der Waals surface area contributed by atoms with Gasteiger partial charge in [0.1, 0.15) is 17.9 Å². The summed E-state index contributed by atoms with van der Waals surface area (Å²) in [5.41, 5.74) is 3.27. The Morgan fingerprint density at radius 1 is 1.26 bits per heavy atom. The first-order valence-corrected chi connectivity index (χ1v) is 14.8. The minimum atomic E-state index is -6.11. The zero-order valence-corrected chi connectivity index (χ0v) is 21.8. The number of hydrogen-bond donors (Lipinski definition) is 5. The van der Waals surface area contributed by atoms with E-state index in [4.69, 9.17) is 15.4 Å². The molecule has 1 aliphatic heterocycles. The fourth-order valence-electron chi connectivity index (χ4n) is 2.91. The molecule has 2 rings (SSSR count). The summed E-state index contributed by atoms with van der Waals surface area (Å²) < 4.78 is 50.4. The van der Waals surface area contributed by atoms with E-state index in [0.29, 0.717) is 13.0 Å². The maximum atomic E-state index is 12.2. The van der Waals surface area contributed by atoms with E-state index in [1.54, 1.807) is 0 Å². The van der Waals surface area contributed by atoms with Gasteiger partial charge in [-0.3, -0.25) is 32.8 Å². The summed E-state index contributed by atoms with van der Waals surface area (Å²) in [6.45, 7) is -0.829. The van der Waals surface area contributed by atoms with Gasteiger partial charge in [-0.1, -0.05) is 11.8 Å². The molecule has 6 unspecified atom stereocenters. The number of aliphatic hydroxyl groups excluding tert-OH is 1. The molecule has 6 N–H and O–H groups in total. The summed E-state index contributed by atoms with van der Waals surface area (Å²) in [4.78, 5) is 79.5. The standard InChI is InChI=1S/C16H25N4O15P3/c17-5-1-4-13(22)18-6-2-3-10-8-20(16(24)19-15(10)23)14-7-11(21)12(33-14)9-32-37(28,29)35-38(30,31)34-36(25,26)27/h8,11-12,14,21H,1,4-7,9,17H2,(H,18,22)(H,28,29)(H,30,31)(H,19,23,24)(H2,25,26,27)/p-3. The van der Waals surface area contributed by atoms with Gasteiger partial charge in [0.25, 0.3) is 29.0 Å². The van der Waals surface area contributed by atoms with Crippen molar-refractivity contribution in [1.82, 2.24) is 14.9 Å². The Kier molecular flexibility index (Phi) is 11.3. The van der Waals surface area contributed by atoms with E-state index in [-0.39, 0.29) is 30.9 Å². The number of carbonyl (C=O) groups is 1. The Hall–Kier alpha value is -2.00. The van der Waals surface area contributed by atoms with E-state index < -0.39 is 59.8 Å². The Balaban J connectivity index is 2.05. The molecule has 22 heteroatoms. The highest BCUT2D eigenvalue weighted by Crippen LogP contribution is 2.61. The molecule has 6 atom stereocenters. The van der Waals surface area contributed by atoms with Gasteiger partial charge in [0.15, 0.2) is 0 Å². The number of H-pyrrole nitrogens is 1. The molecule has 1 fully saturated rings. The van der Waals surface area contributed by atoms with Crippen LogP contribution < -0.4 is 37.0 Å². The summed E-state index contributed by atoms with van der Waals surface area (Å²) in [5.74, 6) is 4.68. The number of rotatable bonds is 12. The van der Waals surface area contributed by atoms with Crippen LogP contribution in [-0.2, 0) is 36.4 Å². The molecule has 38 heavy (non-hydrogen) atoms. The normalized spacial score (nSPS) is 23.9. The quantitative estimate of drug-likeness (QED) is 0.112. The SMILES string of the molecule is NCCCC(=O)NCC#Cc1cn(C2CC(O)C(COP(=O)([O-])OP(=O)([O-])OP(=O)([O-])O)O2)c(=O)[nH]c1=O. The summed E-state index contributed by atoms with van der Waals surface area (Å²) in [6, 6.07) is 0. The molecule has 0 saturated carbocycles. The smallest absolute Gasteiger partial charge is 0.330 e. The third-order valence-corrected chi connectivity index (χ3v) is 8.18. The van der Waals surface area contributed by atoms with Crippen LogP contribution in [0, 0.1) is 11.8 Å². The van der Waals surface area contributed by atoms with Gasteiger partial charge < -0.3 is 45.0 Å². The highest BCUT2D eigenvalue weighted by Gasteiger charge is 2.37. The Labute approximate surface area is 213 Å². The maximum absolute atomic E-state index is 12.2. The van der Waals surface area contributed by atoms with Crippen molar-refractivity contribution in [1.29, 1.82) is 0 Å². The van der Waals surface area contributed by atoms with Crippen LogP contribution in [0.3, 0.4) is 0 Å². The van der Waals surface area contributed by atoms with Gasteiger partial charge >= 0.3 is 5.69 Å². The number of amides is 1. The Morgan fingerprint density at radius 2 is 1.95 bits per heavy atom. The zero-order valence-electron chi connectivity index (χ0n) is 19.1. The first kappa shape index (κ1) is 32.2. The second kappa shape index (κ2) is 13.4. The second-order valence-corrected chi connectivity index (χ2v) is 11.7. The van der Waals surface area contributed by atoms with E-state index in [0.717, 1.165) is 10.8 Å². The molecule has 0 radical (unpaired) electrons. The minimum Gasteiger partial charge on any atom is -0.756 e. The minimum absolute atomic E-state index is 0.108. The summed E-state index contributed by atoms with van der Waals surface area (Å²) in [7, 11) is -17.8. The molecule has 1 aromatic heterocycles. The lowest BCUT2D eigenvalue weighted by atomic mass is 10.2. The number of phosphoric acid groups is 3. The van der Waals surface area contributed by atoms with E-state index in [2.05, 4.69) is 30.3 Å². The third kappa shape index (κ3) is 10.6. The summed E-state index contributed by atoms with van der Waals surface area (Å²) >= 11 is 0. The first-order valence-electron chi connectivity index (χ1n) is 10.4. The molecule has 0 spiro atoms. The van der Waals surface area contributed by atoms with Crippen LogP contribution in [-0.4, -0.2) is 57.4 Å². The fourth-order valence-corrected chi connectivity index (χ4v) is 5.81. The lowest BCUT2D eigenvalue weighted by molar-refractivity contribution is -0.250. The van der Waals surface area contributed by atoms with Crippen LogP contribution in [0.2, 0.25) is 0 Å². The molecule has 1 amide bonds. The van der Waals surface area contributed by atoms with Gasteiger partial charge in [-0.2, -0.15) is 0 Å². The van der Waals surface area contributed by atoms with Crippen LogP contribution in [0.15, 0.2) is 15.8 Å². The van der Waals surface area contributed by atoms with Crippen molar-refractivity contribution < 1.29 is 61.1 Å². The van der Waals surface area contributed by atoms with Crippen LogP contribution in [0.5, 0.6) is 0 Å². The largest absolute Gasteiger partial charge is 0.756 e. The van der Waals surface area contributed by atoms with Gasteiger partial charge in [-0.05, 0) is 13.0 Å². The number of carbonyl (C=O) groups excluding carboxylic acids is 1. The van der Waals surface area contributed by atoms with Gasteiger partial charge in [0.05, 0.1) is 19.3 Å². The molecule has 0 aliphatic carbocycles. The summed E-state index contributed by atoms with van der Waals surface area (Å²) in [5, 5.41) is 12.6. The highest BCUT2D eigenvalue weighted by molar-refractivity contribution is 7.65. The van der Waals surface area contributed by atoms with E-state index >= 15 is 0 Å². The van der Waals surface area contributed by atoms with Crippen molar-refractivity contribution in [2.45, 2.75) is 37.7 Å². The number of hydrogen-bond acceptors (Lipinski definition) is 15. The highest BCUT2D eigenvalue weighted by atomic mass is 31.3.